The molecule has 35 heavy (non-hydrogen) atoms. The Balaban J connectivity index is 0.000000753. The summed E-state index contributed by atoms with van der Waals surface area (Å²) in [4.78, 5) is 20.7. The Morgan fingerprint density at radius 1 is 1.03 bits per heavy atom. The van der Waals surface area contributed by atoms with E-state index in [9.17, 15) is 9.59 Å². The maximum atomic E-state index is 10.5. The maximum absolute atomic E-state index is 10.5. The first-order chi connectivity index (χ1) is 16.0. The molecule has 0 heterocycles. The number of carboxylic acids is 2. The van der Waals surface area contributed by atoms with Gasteiger partial charge in [-0.3, -0.25) is 4.79 Å². The number of aliphatic carboxylic acids is 2. The molecule has 0 atom stereocenters. The second-order valence-corrected chi connectivity index (χ2v) is 9.49. The van der Waals surface area contributed by atoms with Gasteiger partial charge in [-0.2, -0.15) is 0 Å². The van der Waals surface area contributed by atoms with Crippen molar-refractivity contribution in [3.63, 3.8) is 0 Å². The largest absolute Gasteiger partial charge is 0.481 e. The SMILES string of the molecule is CC1=C(/C=C/C(C)=C/C=C/C(C)=C/C(=O)O)C(C)(C)CCC1.O=C(O)CCCc1ccccc1.[Na]. The summed E-state index contributed by atoms with van der Waals surface area (Å²) in [5.41, 5.74) is 6.30. The van der Waals surface area contributed by atoms with Gasteiger partial charge >= 0.3 is 11.9 Å². The third-order valence-corrected chi connectivity index (χ3v) is 5.82. The fraction of sp³-hybridized carbons (Fsp3) is 0.400. The van der Waals surface area contributed by atoms with E-state index in [4.69, 9.17) is 10.2 Å². The maximum Gasteiger partial charge on any atom is 0.328 e. The Kier molecular flexibility index (Phi) is 16.3. The van der Waals surface area contributed by atoms with Crippen molar-refractivity contribution < 1.29 is 19.8 Å². The molecule has 0 spiro atoms. The molecule has 1 aromatic rings. The van der Waals surface area contributed by atoms with E-state index >= 15 is 0 Å². The molecule has 1 aliphatic carbocycles. The molecule has 0 bridgehead atoms. The Hall–Kier alpha value is -2.14. The molecule has 1 aliphatic rings. The Morgan fingerprint density at radius 3 is 2.26 bits per heavy atom. The van der Waals surface area contributed by atoms with E-state index in [0.29, 0.717) is 0 Å². The molecule has 0 unspecified atom stereocenters. The van der Waals surface area contributed by atoms with Crippen LogP contribution in [0.15, 0.2) is 89.1 Å². The quantitative estimate of drug-likeness (QED) is 0.217. The number of allylic oxidation sites excluding steroid dienone is 9. The average Bonchev–Trinajstić information content (AvgIpc) is 2.73. The first-order valence-electron chi connectivity index (χ1n) is 11.9. The predicted octanol–water partition coefficient (Wildman–Crippen LogP) is 7.32. The van der Waals surface area contributed by atoms with Gasteiger partial charge in [0.05, 0.1) is 0 Å². The minimum Gasteiger partial charge on any atom is -0.481 e. The van der Waals surface area contributed by atoms with E-state index in [1.165, 1.54) is 42.0 Å². The minimum atomic E-state index is -0.912. The van der Waals surface area contributed by atoms with Gasteiger partial charge in [0.1, 0.15) is 0 Å². The average molecular weight is 488 g/mol. The van der Waals surface area contributed by atoms with E-state index in [2.05, 4.69) is 39.8 Å². The molecule has 0 saturated heterocycles. The normalized spacial score (nSPS) is 16.0. The van der Waals surface area contributed by atoms with Crippen molar-refractivity contribution in [2.75, 3.05) is 0 Å². The molecule has 2 N–H and O–H groups in total. The summed E-state index contributed by atoms with van der Waals surface area (Å²) in [7, 11) is 0. The molecule has 1 aromatic carbocycles. The fourth-order valence-corrected chi connectivity index (χ4v) is 3.96. The molecular formula is C30H40NaO4. The van der Waals surface area contributed by atoms with Crippen LogP contribution in [0, 0.1) is 5.41 Å². The van der Waals surface area contributed by atoms with Crippen molar-refractivity contribution in [2.24, 2.45) is 5.41 Å². The van der Waals surface area contributed by atoms with Gasteiger partial charge in [0, 0.05) is 42.1 Å². The first kappa shape index (κ1) is 32.9. The van der Waals surface area contributed by atoms with Gasteiger partial charge in [0.15, 0.2) is 0 Å². The molecule has 0 aromatic heterocycles. The van der Waals surface area contributed by atoms with Crippen molar-refractivity contribution in [3.05, 3.63) is 94.6 Å². The van der Waals surface area contributed by atoms with Crippen LogP contribution in [0.3, 0.4) is 0 Å². The van der Waals surface area contributed by atoms with Gasteiger partial charge in [-0.1, -0.05) is 85.7 Å². The van der Waals surface area contributed by atoms with Gasteiger partial charge in [-0.15, -0.1) is 0 Å². The van der Waals surface area contributed by atoms with Crippen LogP contribution in [-0.2, 0) is 16.0 Å². The number of benzene rings is 1. The number of carboxylic acid groups (broad SMARTS) is 2. The Labute approximate surface area is 233 Å². The van der Waals surface area contributed by atoms with Gasteiger partial charge in [0.2, 0.25) is 0 Å². The summed E-state index contributed by atoms with van der Waals surface area (Å²) in [6.45, 7) is 10.7. The number of rotatable bonds is 9. The monoisotopic (exact) mass is 487 g/mol. The second-order valence-electron chi connectivity index (χ2n) is 9.49. The van der Waals surface area contributed by atoms with E-state index in [1.807, 2.05) is 42.5 Å². The van der Waals surface area contributed by atoms with Crippen LogP contribution >= 0.6 is 0 Å². The van der Waals surface area contributed by atoms with Crippen LogP contribution in [0.5, 0.6) is 0 Å². The topological polar surface area (TPSA) is 74.6 Å². The summed E-state index contributed by atoms with van der Waals surface area (Å²) in [6, 6.07) is 9.93. The Bertz CT molecular complexity index is 963. The molecule has 185 valence electrons. The number of aryl methyl sites for hydroxylation is 1. The molecule has 0 aliphatic heterocycles. The molecule has 2 rings (SSSR count). The van der Waals surface area contributed by atoms with Crippen molar-refractivity contribution in [1.82, 2.24) is 0 Å². The van der Waals surface area contributed by atoms with Gasteiger partial charge in [0.25, 0.3) is 0 Å². The third kappa shape index (κ3) is 14.8. The Morgan fingerprint density at radius 2 is 1.69 bits per heavy atom. The van der Waals surface area contributed by atoms with Crippen LogP contribution in [0.25, 0.3) is 0 Å². The van der Waals surface area contributed by atoms with Crippen LogP contribution in [0.1, 0.15) is 72.3 Å². The third-order valence-electron chi connectivity index (χ3n) is 5.82. The molecule has 4 nitrogen and oxygen atoms in total. The fourth-order valence-electron chi connectivity index (χ4n) is 3.96. The number of hydrogen-bond donors (Lipinski definition) is 2. The summed E-state index contributed by atoms with van der Waals surface area (Å²) < 4.78 is 0. The molecule has 0 fully saturated rings. The second kappa shape index (κ2) is 17.3. The number of carbonyl (C=O) groups is 2. The van der Waals surface area contributed by atoms with Gasteiger partial charge in [-0.05, 0) is 75.0 Å². The van der Waals surface area contributed by atoms with E-state index in [-0.39, 0.29) is 41.4 Å². The van der Waals surface area contributed by atoms with Crippen molar-refractivity contribution in [2.45, 2.75) is 73.1 Å². The smallest absolute Gasteiger partial charge is 0.328 e. The molecular weight excluding hydrogens is 447 g/mol. The molecule has 0 saturated carbocycles. The van der Waals surface area contributed by atoms with Gasteiger partial charge < -0.3 is 10.2 Å². The van der Waals surface area contributed by atoms with Crippen molar-refractivity contribution in [3.8, 4) is 0 Å². The summed E-state index contributed by atoms with van der Waals surface area (Å²) in [5, 5.41) is 17.0. The standard InChI is InChI=1S/C20H28O2.C10H12O2.Na/c1-15(8-6-9-16(2)14-19(21)22)11-12-18-17(3)10-7-13-20(18,4)5;11-10(12)8-4-7-9-5-2-1-3-6-9;/h6,8-9,11-12,14H,7,10,13H2,1-5H3,(H,21,22);1-3,5-6H,4,7-8H2,(H,11,12);/b9-6+,12-11+,15-8+,16-14+;;. The summed E-state index contributed by atoms with van der Waals surface area (Å²) >= 11 is 0. The van der Waals surface area contributed by atoms with Crippen LogP contribution in [-0.4, -0.2) is 51.7 Å². The zero-order valence-electron chi connectivity index (χ0n) is 22.3. The van der Waals surface area contributed by atoms with Crippen LogP contribution in [0.2, 0.25) is 0 Å². The van der Waals surface area contributed by atoms with E-state index < -0.39 is 11.9 Å². The summed E-state index contributed by atoms with van der Waals surface area (Å²) in [6.07, 6.45) is 16.8. The van der Waals surface area contributed by atoms with E-state index in [1.54, 1.807) is 13.0 Å². The van der Waals surface area contributed by atoms with E-state index in [0.717, 1.165) is 24.0 Å². The van der Waals surface area contributed by atoms with Crippen LogP contribution in [0.4, 0.5) is 0 Å². The van der Waals surface area contributed by atoms with Crippen molar-refractivity contribution in [1.29, 1.82) is 0 Å². The van der Waals surface area contributed by atoms with Crippen LogP contribution < -0.4 is 0 Å². The van der Waals surface area contributed by atoms with Crippen molar-refractivity contribution >= 4 is 41.5 Å². The molecule has 1 radical (unpaired) electrons. The zero-order valence-corrected chi connectivity index (χ0v) is 24.3. The molecule has 5 heteroatoms. The number of hydrogen-bond acceptors (Lipinski definition) is 2. The zero-order chi connectivity index (χ0) is 25.6. The predicted molar refractivity (Wildman–Crippen MR) is 147 cm³/mol. The minimum absolute atomic E-state index is 0. The first-order valence-corrected chi connectivity index (χ1v) is 11.9. The van der Waals surface area contributed by atoms with Gasteiger partial charge in [-0.25, -0.2) is 4.79 Å². The molecule has 0 amide bonds. The summed E-state index contributed by atoms with van der Waals surface area (Å²) in [5.74, 6) is -1.63.